The van der Waals surface area contributed by atoms with E-state index in [1.54, 1.807) is 12.8 Å². The summed E-state index contributed by atoms with van der Waals surface area (Å²) in [6.07, 6.45) is 18.0. The summed E-state index contributed by atoms with van der Waals surface area (Å²) in [4.78, 5) is 0. The standard InChI is InChI=1S/C20H38/c1-4-10-18-19(11-5-2)20(18)13-9-7-8-12-17-15-14-16(17)6-3/h16-20H,4-15H2,1-3H3. The quantitative estimate of drug-likeness (QED) is 0.363. The summed E-state index contributed by atoms with van der Waals surface area (Å²) in [6, 6.07) is 0. The molecule has 20 heavy (non-hydrogen) atoms. The zero-order valence-electron chi connectivity index (χ0n) is 14.4. The van der Waals surface area contributed by atoms with E-state index < -0.39 is 0 Å². The topological polar surface area (TPSA) is 0 Å². The molecule has 2 fully saturated rings. The number of hydrogen-bond donors (Lipinski definition) is 0. The summed E-state index contributed by atoms with van der Waals surface area (Å²) in [6.45, 7) is 7.11. The second-order valence-electron chi connectivity index (χ2n) is 7.71. The van der Waals surface area contributed by atoms with Crippen molar-refractivity contribution in [2.75, 3.05) is 0 Å². The molecule has 0 saturated heterocycles. The minimum absolute atomic E-state index is 1.10. The van der Waals surface area contributed by atoms with Crippen molar-refractivity contribution in [3.05, 3.63) is 0 Å². The van der Waals surface area contributed by atoms with E-state index in [9.17, 15) is 0 Å². The van der Waals surface area contributed by atoms with Crippen molar-refractivity contribution in [1.29, 1.82) is 0 Å². The van der Waals surface area contributed by atoms with E-state index in [2.05, 4.69) is 20.8 Å². The van der Waals surface area contributed by atoms with Crippen LogP contribution in [0.25, 0.3) is 0 Å². The number of hydrogen-bond acceptors (Lipinski definition) is 0. The molecule has 0 radical (unpaired) electrons. The fourth-order valence-corrected chi connectivity index (χ4v) is 4.99. The van der Waals surface area contributed by atoms with Gasteiger partial charge in [0.15, 0.2) is 0 Å². The van der Waals surface area contributed by atoms with Crippen molar-refractivity contribution >= 4 is 0 Å². The Kier molecular flexibility index (Phi) is 6.91. The molecule has 0 aromatic rings. The average Bonchev–Trinajstić information content (AvgIpc) is 3.06. The van der Waals surface area contributed by atoms with E-state index in [4.69, 9.17) is 0 Å². The van der Waals surface area contributed by atoms with Gasteiger partial charge in [0.2, 0.25) is 0 Å². The van der Waals surface area contributed by atoms with E-state index in [0.29, 0.717) is 0 Å². The Balaban J connectivity index is 1.50. The summed E-state index contributed by atoms with van der Waals surface area (Å²) in [5.74, 6) is 5.58. The van der Waals surface area contributed by atoms with E-state index in [0.717, 1.165) is 29.6 Å². The van der Waals surface area contributed by atoms with Crippen molar-refractivity contribution in [2.24, 2.45) is 29.6 Å². The first-order valence-corrected chi connectivity index (χ1v) is 9.81. The van der Waals surface area contributed by atoms with Crippen LogP contribution >= 0.6 is 0 Å². The van der Waals surface area contributed by atoms with Gasteiger partial charge in [-0.15, -0.1) is 0 Å². The smallest absolute Gasteiger partial charge is 0.0352 e. The largest absolute Gasteiger partial charge is 0.0654 e. The minimum Gasteiger partial charge on any atom is -0.0654 e. The molecule has 0 aromatic carbocycles. The fraction of sp³-hybridized carbons (Fsp3) is 1.00. The van der Waals surface area contributed by atoms with Crippen LogP contribution in [0.5, 0.6) is 0 Å². The highest BCUT2D eigenvalue weighted by atomic mass is 14.5. The molecule has 0 heterocycles. The van der Waals surface area contributed by atoms with Crippen LogP contribution in [0, 0.1) is 29.6 Å². The average molecular weight is 279 g/mol. The highest BCUT2D eigenvalue weighted by molar-refractivity contribution is 4.95. The number of unbranched alkanes of at least 4 members (excludes halogenated alkanes) is 2. The van der Waals surface area contributed by atoms with Gasteiger partial charge in [0.1, 0.15) is 0 Å². The number of rotatable bonds is 11. The third-order valence-corrected chi connectivity index (χ3v) is 6.46. The lowest BCUT2D eigenvalue weighted by Crippen LogP contribution is -2.24. The molecule has 0 aliphatic heterocycles. The molecule has 2 aliphatic carbocycles. The second-order valence-corrected chi connectivity index (χ2v) is 7.71. The Bertz CT molecular complexity index is 243. The van der Waals surface area contributed by atoms with Gasteiger partial charge in [-0.1, -0.05) is 78.6 Å². The van der Waals surface area contributed by atoms with Gasteiger partial charge in [-0.25, -0.2) is 0 Å². The molecule has 0 heteroatoms. The molecule has 0 N–H and O–H groups in total. The van der Waals surface area contributed by atoms with E-state index in [1.807, 2.05) is 0 Å². The Morgan fingerprint density at radius 1 is 0.600 bits per heavy atom. The van der Waals surface area contributed by atoms with E-state index in [1.165, 1.54) is 64.2 Å². The van der Waals surface area contributed by atoms with Crippen molar-refractivity contribution in [3.8, 4) is 0 Å². The minimum atomic E-state index is 1.10. The van der Waals surface area contributed by atoms with Crippen LogP contribution < -0.4 is 0 Å². The Morgan fingerprint density at radius 3 is 1.65 bits per heavy atom. The summed E-state index contributed by atoms with van der Waals surface area (Å²) in [5, 5.41) is 0. The van der Waals surface area contributed by atoms with Gasteiger partial charge in [-0.3, -0.25) is 0 Å². The third kappa shape index (κ3) is 4.25. The van der Waals surface area contributed by atoms with Crippen molar-refractivity contribution in [2.45, 2.75) is 97.8 Å². The molecule has 118 valence electrons. The molecule has 4 atom stereocenters. The maximum atomic E-state index is 2.38. The summed E-state index contributed by atoms with van der Waals surface area (Å²) in [5.41, 5.74) is 0. The summed E-state index contributed by atoms with van der Waals surface area (Å²) in [7, 11) is 0. The van der Waals surface area contributed by atoms with Crippen molar-refractivity contribution in [3.63, 3.8) is 0 Å². The maximum absolute atomic E-state index is 2.38. The highest BCUT2D eigenvalue weighted by Crippen LogP contribution is 2.54. The van der Waals surface area contributed by atoms with Crippen LogP contribution in [0.2, 0.25) is 0 Å². The van der Waals surface area contributed by atoms with Gasteiger partial charge in [0, 0.05) is 0 Å². The lowest BCUT2D eigenvalue weighted by atomic mass is 9.70. The first-order chi connectivity index (χ1) is 9.81. The monoisotopic (exact) mass is 278 g/mol. The molecule has 2 saturated carbocycles. The second kappa shape index (κ2) is 8.44. The SMILES string of the molecule is CCCC1C(CCC)C1CCCCCC1CCC1CC. The third-order valence-electron chi connectivity index (χ3n) is 6.46. The highest BCUT2D eigenvalue weighted by Gasteiger charge is 2.46. The summed E-state index contributed by atoms with van der Waals surface area (Å²) >= 11 is 0. The fourth-order valence-electron chi connectivity index (χ4n) is 4.99. The molecular formula is C20H38. The van der Waals surface area contributed by atoms with Crippen LogP contribution in [0.4, 0.5) is 0 Å². The Labute approximate surface area is 128 Å². The molecule has 0 spiro atoms. The lowest BCUT2D eigenvalue weighted by Gasteiger charge is -2.36. The van der Waals surface area contributed by atoms with Gasteiger partial charge >= 0.3 is 0 Å². The molecule has 0 bridgehead atoms. The molecule has 4 unspecified atom stereocenters. The molecule has 2 aliphatic rings. The first-order valence-electron chi connectivity index (χ1n) is 9.81. The Morgan fingerprint density at radius 2 is 1.15 bits per heavy atom. The van der Waals surface area contributed by atoms with Crippen LogP contribution in [-0.4, -0.2) is 0 Å². The predicted octanol–water partition coefficient (Wildman–Crippen LogP) is 6.84. The molecule has 0 aromatic heterocycles. The Hall–Kier alpha value is 0. The predicted molar refractivity (Wildman–Crippen MR) is 89.9 cm³/mol. The van der Waals surface area contributed by atoms with Gasteiger partial charge in [-0.2, -0.15) is 0 Å². The van der Waals surface area contributed by atoms with Gasteiger partial charge in [-0.05, 0) is 48.9 Å². The first kappa shape index (κ1) is 16.4. The molecular weight excluding hydrogens is 240 g/mol. The zero-order valence-corrected chi connectivity index (χ0v) is 14.4. The summed E-state index contributed by atoms with van der Waals surface area (Å²) < 4.78 is 0. The van der Waals surface area contributed by atoms with Gasteiger partial charge < -0.3 is 0 Å². The van der Waals surface area contributed by atoms with Gasteiger partial charge in [0.25, 0.3) is 0 Å². The molecule has 0 nitrogen and oxygen atoms in total. The van der Waals surface area contributed by atoms with Crippen LogP contribution in [-0.2, 0) is 0 Å². The van der Waals surface area contributed by atoms with Crippen molar-refractivity contribution in [1.82, 2.24) is 0 Å². The van der Waals surface area contributed by atoms with Crippen LogP contribution in [0.3, 0.4) is 0 Å². The normalized spacial score (nSPS) is 35.9. The molecule has 2 rings (SSSR count). The van der Waals surface area contributed by atoms with Crippen LogP contribution in [0.1, 0.15) is 97.8 Å². The van der Waals surface area contributed by atoms with Gasteiger partial charge in [0.05, 0.1) is 0 Å². The van der Waals surface area contributed by atoms with Crippen molar-refractivity contribution < 1.29 is 0 Å². The van der Waals surface area contributed by atoms with E-state index >= 15 is 0 Å². The van der Waals surface area contributed by atoms with Crippen LogP contribution in [0.15, 0.2) is 0 Å². The van der Waals surface area contributed by atoms with E-state index in [-0.39, 0.29) is 0 Å². The zero-order chi connectivity index (χ0) is 14.4. The maximum Gasteiger partial charge on any atom is -0.0352 e. The lowest BCUT2D eigenvalue weighted by molar-refractivity contribution is 0.154. The molecule has 0 amide bonds.